The molecule has 1 aliphatic heterocycles. The van der Waals surface area contributed by atoms with Crippen molar-refractivity contribution in [1.29, 1.82) is 0 Å². The number of hydrogen-bond acceptors (Lipinski definition) is 4. The Bertz CT molecular complexity index is 556. The van der Waals surface area contributed by atoms with Gasteiger partial charge in [-0.3, -0.25) is 4.79 Å². The van der Waals surface area contributed by atoms with Gasteiger partial charge in [0.25, 0.3) is 5.91 Å². The van der Waals surface area contributed by atoms with E-state index in [1.807, 2.05) is 12.1 Å². The molecule has 0 aromatic heterocycles. The van der Waals surface area contributed by atoms with Crippen LogP contribution in [0.2, 0.25) is 0 Å². The van der Waals surface area contributed by atoms with Crippen molar-refractivity contribution in [2.45, 2.75) is 44.6 Å². The zero-order valence-corrected chi connectivity index (χ0v) is 15.7. The zero-order chi connectivity index (χ0) is 16.8. The molecular formula is C19H29ClN2O3. The van der Waals surface area contributed by atoms with Gasteiger partial charge in [-0.2, -0.15) is 0 Å². The highest BCUT2D eigenvalue weighted by molar-refractivity contribution is 5.94. The maximum Gasteiger partial charge on any atom is 0.251 e. The molecule has 1 atom stereocenters. The minimum atomic E-state index is -0.0494. The summed E-state index contributed by atoms with van der Waals surface area (Å²) in [6, 6.07) is 5.45. The van der Waals surface area contributed by atoms with Gasteiger partial charge in [-0.15, -0.1) is 12.4 Å². The van der Waals surface area contributed by atoms with Crippen LogP contribution in [0.4, 0.5) is 0 Å². The molecule has 1 unspecified atom stereocenters. The molecule has 2 fully saturated rings. The van der Waals surface area contributed by atoms with Crippen LogP contribution in [0.25, 0.3) is 0 Å². The van der Waals surface area contributed by atoms with Crippen molar-refractivity contribution in [3.05, 3.63) is 23.8 Å². The van der Waals surface area contributed by atoms with E-state index in [0.29, 0.717) is 23.8 Å². The number of carbonyl (C=O) groups is 1. The first-order valence-corrected chi connectivity index (χ1v) is 9.10. The Kier molecular flexibility index (Phi) is 7.85. The lowest BCUT2D eigenvalue weighted by molar-refractivity contribution is 0.0951. The number of rotatable bonds is 7. The van der Waals surface area contributed by atoms with Crippen LogP contribution in [-0.4, -0.2) is 38.8 Å². The molecule has 140 valence electrons. The smallest absolute Gasteiger partial charge is 0.251 e. The molecule has 1 aromatic carbocycles. The Hall–Kier alpha value is -1.46. The fraction of sp³-hybridized carbons (Fsp3) is 0.632. The quantitative estimate of drug-likeness (QED) is 0.776. The fourth-order valence-corrected chi connectivity index (χ4v) is 3.54. The van der Waals surface area contributed by atoms with Crippen molar-refractivity contribution in [2.24, 2.45) is 5.92 Å². The summed E-state index contributed by atoms with van der Waals surface area (Å²) >= 11 is 0. The largest absolute Gasteiger partial charge is 0.493 e. The number of amides is 1. The summed E-state index contributed by atoms with van der Waals surface area (Å²) in [4.78, 5) is 12.3. The highest BCUT2D eigenvalue weighted by Gasteiger charge is 2.19. The fourth-order valence-electron chi connectivity index (χ4n) is 3.54. The maximum atomic E-state index is 12.3. The maximum absolute atomic E-state index is 12.3. The lowest BCUT2D eigenvalue weighted by Gasteiger charge is -2.16. The second-order valence-electron chi connectivity index (χ2n) is 6.79. The Morgan fingerprint density at radius 2 is 2.04 bits per heavy atom. The van der Waals surface area contributed by atoms with Gasteiger partial charge in [0.05, 0.1) is 13.2 Å². The summed E-state index contributed by atoms with van der Waals surface area (Å²) in [5.74, 6) is 2.00. The average Bonchev–Trinajstić information content (AvgIpc) is 3.29. The van der Waals surface area contributed by atoms with Crippen molar-refractivity contribution in [2.75, 3.05) is 26.7 Å². The SMILES string of the molecule is COc1cc(C(=O)NCCC2CCNC2)ccc1OC1CCCC1.Cl. The number of halogens is 1. The average molecular weight is 369 g/mol. The molecular weight excluding hydrogens is 340 g/mol. The molecule has 1 saturated heterocycles. The lowest BCUT2D eigenvalue weighted by Crippen LogP contribution is -2.26. The first-order valence-electron chi connectivity index (χ1n) is 9.10. The minimum Gasteiger partial charge on any atom is -0.493 e. The number of carbonyl (C=O) groups excluding carboxylic acids is 1. The van der Waals surface area contributed by atoms with Gasteiger partial charge in [0.2, 0.25) is 0 Å². The molecule has 0 radical (unpaired) electrons. The van der Waals surface area contributed by atoms with Crippen LogP contribution in [0.1, 0.15) is 48.9 Å². The second kappa shape index (κ2) is 9.88. The van der Waals surface area contributed by atoms with E-state index < -0.39 is 0 Å². The van der Waals surface area contributed by atoms with Crippen molar-refractivity contribution in [3.63, 3.8) is 0 Å². The molecule has 0 bridgehead atoms. The van der Waals surface area contributed by atoms with E-state index in [1.165, 1.54) is 19.3 Å². The molecule has 0 spiro atoms. The monoisotopic (exact) mass is 368 g/mol. The van der Waals surface area contributed by atoms with Gasteiger partial charge in [-0.05, 0) is 75.7 Å². The van der Waals surface area contributed by atoms with Crippen LogP contribution in [0.15, 0.2) is 18.2 Å². The van der Waals surface area contributed by atoms with Crippen LogP contribution in [0.3, 0.4) is 0 Å². The molecule has 1 saturated carbocycles. The Morgan fingerprint density at radius 3 is 2.72 bits per heavy atom. The van der Waals surface area contributed by atoms with Crippen molar-refractivity contribution >= 4 is 18.3 Å². The number of benzene rings is 1. The van der Waals surface area contributed by atoms with Crippen LogP contribution in [0.5, 0.6) is 11.5 Å². The summed E-state index contributed by atoms with van der Waals surface area (Å²) in [5.41, 5.74) is 0.621. The normalized spacial score (nSPS) is 20.1. The predicted molar refractivity (Wildman–Crippen MR) is 101 cm³/mol. The number of nitrogens with one attached hydrogen (secondary N) is 2. The molecule has 2 aliphatic rings. The van der Waals surface area contributed by atoms with E-state index >= 15 is 0 Å². The highest BCUT2D eigenvalue weighted by Crippen LogP contribution is 2.32. The topological polar surface area (TPSA) is 59.6 Å². The van der Waals surface area contributed by atoms with E-state index in [1.54, 1.807) is 13.2 Å². The third-order valence-corrected chi connectivity index (χ3v) is 5.02. The minimum absolute atomic E-state index is 0. The summed E-state index contributed by atoms with van der Waals surface area (Å²) in [5, 5.41) is 6.36. The lowest BCUT2D eigenvalue weighted by atomic mass is 10.1. The molecule has 2 N–H and O–H groups in total. The molecule has 1 heterocycles. The first kappa shape index (κ1) is 19.9. The molecule has 25 heavy (non-hydrogen) atoms. The van der Waals surface area contributed by atoms with E-state index in [0.717, 1.165) is 38.1 Å². The predicted octanol–water partition coefficient (Wildman–Crippen LogP) is 3.17. The van der Waals surface area contributed by atoms with Gasteiger partial charge in [-0.25, -0.2) is 0 Å². The van der Waals surface area contributed by atoms with Crippen molar-refractivity contribution < 1.29 is 14.3 Å². The first-order chi connectivity index (χ1) is 11.8. The Labute approximate surface area is 156 Å². The van der Waals surface area contributed by atoms with E-state index in [4.69, 9.17) is 9.47 Å². The summed E-state index contributed by atoms with van der Waals surface area (Å²) in [6.45, 7) is 2.88. The molecule has 3 rings (SSSR count). The molecule has 1 amide bonds. The van der Waals surface area contributed by atoms with Crippen molar-refractivity contribution in [1.82, 2.24) is 10.6 Å². The summed E-state index contributed by atoms with van der Waals surface area (Å²) in [6.07, 6.45) is 7.16. The van der Waals surface area contributed by atoms with Gasteiger partial charge in [-0.1, -0.05) is 0 Å². The van der Waals surface area contributed by atoms with Gasteiger partial charge in [0.1, 0.15) is 0 Å². The van der Waals surface area contributed by atoms with Crippen LogP contribution in [0, 0.1) is 5.92 Å². The van der Waals surface area contributed by atoms with Gasteiger partial charge < -0.3 is 20.1 Å². The Morgan fingerprint density at radius 1 is 1.24 bits per heavy atom. The van der Waals surface area contributed by atoms with Gasteiger partial charge in [0, 0.05) is 12.1 Å². The van der Waals surface area contributed by atoms with Crippen molar-refractivity contribution in [3.8, 4) is 11.5 Å². The highest BCUT2D eigenvalue weighted by atomic mass is 35.5. The third kappa shape index (κ3) is 5.51. The third-order valence-electron chi connectivity index (χ3n) is 5.02. The molecule has 1 aliphatic carbocycles. The number of methoxy groups -OCH3 is 1. The summed E-state index contributed by atoms with van der Waals surface area (Å²) < 4.78 is 11.4. The molecule has 5 nitrogen and oxygen atoms in total. The van der Waals surface area contributed by atoms with E-state index in [-0.39, 0.29) is 24.4 Å². The zero-order valence-electron chi connectivity index (χ0n) is 14.9. The van der Waals surface area contributed by atoms with Gasteiger partial charge in [0.15, 0.2) is 11.5 Å². The van der Waals surface area contributed by atoms with E-state index in [9.17, 15) is 4.79 Å². The molecule has 6 heteroatoms. The van der Waals surface area contributed by atoms with Crippen LogP contribution in [-0.2, 0) is 0 Å². The Balaban J connectivity index is 0.00000225. The summed E-state index contributed by atoms with van der Waals surface area (Å²) in [7, 11) is 1.62. The standard InChI is InChI=1S/C19H28N2O3.ClH/c1-23-18-12-15(6-7-17(18)24-16-4-2-3-5-16)19(22)21-11-9-14-8-10-20-13-14;/h6-7,12,14,16,20H,2-5,8-11,13H2,1H3,(H,21,22);1H. The van der Waals surface area contributed by atoms with E-state index in [2.05, 4.69) is 10.6 Å². The molecule has 1 aromatic rings. The van der Waals surface area contributed by atoms with Gasteiger partial charge >= 0.3 is 0 Å². The van der Waals surface area contributed by atoms with Crippen LogP contribution < -0.4 is 20.1 Å². The second-order valence-corrected chi connectivity index (χ2v) is 6.79. The number of ether oxygens (including phenoxy) is 2. The number of hydrogen-bond donors (Lipinski definition) is 2. The van der Waals surface area contributed by atoms with Crippen LogP contribution >= 0.6 is 12.4 Å².